The molecule has 1 nitrogen and oxygen atoms in total. The molecule has 0 saturated heterocycles. The Hall–Kier alpha value is -0.292. The number of hydrogen-bond donors (Lipinski definition) is 0. The number of hydrogen-bond acceptors (Lipinski definition) is 1. The molecule has 0 saturated carbocycles. The van der Waals surface area contributed by atoms with Crippen molar-refractivity contribution in [3.8, 4) is 0 Å². The Balaban J connectivity index is 3.08. The van der Waals surface area contributed by atoms with Crippen LogP contribution in [0.4, 0.5) is 0 Å². The Kier molecular flexibility index (Phi) is 2.72. The molecule has 1 aromatic rings. The van der Waals surface area contributed by atoms with E-state index in [4.69, 9.17) is 0 Å². The molecule has 0 spiro atoms. The Labute approximate surface area is 73.1 Å². The molecule has 0 aliphatic rings. The summed E-state index contributed by atoms with van der Waals surface area (Å²) >= 11 is -0.758. The first-order chi connectivity index (χ1) is 5.09. The van der Waals surface area contributed by atoms with Gasteiger partial charge < -0.3 is 0 Å². The Morgan fingerprint density at radius 2 is 1.82 bits per heavy atom. The van der Waals surface area contributed by atoms with Gasteiger partial charge in [-0.25, -0.2) is 0 Å². The van der Waals surface area contributed by atoms with Crippen LogP contribution >= 0.6 is 0 Å². The number of nitrogens with zero attached hydrogens (tertiary/aromatic N) is 1. The van der Waals surface area contributed by atoms with E-state index in [0.29, 0.717) is 0 Å². The molecule has 0 fully saturated rings. The Bertz CT molecular complexity index is 235. The van der Waals surface area contributed by atoms with Gasteiger partial charge in [-0.2, -0.15) is 0 Å². The molecule has 1 aromatic heterocycles. The molecule has 1 rings (SSSR count). The van der Waals surface area contributed by atoms with Gasteiger partial charge in [0.05, 0.1) is 0 Å². The van der Waals surface area contributed by atoms with Crippen molar-refractivity contribution in [2.45, 2.75) is 25.3 Å². The molecule has 2 heteroatoms. The summed E-state index contributed by atoms with van der Waals surface area (Å²) in [5.41, 5.74) is 7.13. The molecule has 0 amide bonds. The van der Waals surface area contributed by atoms with Crippen molar-refractivity contribution < 1.29 is 0 Å². The van der Waals surface area contributed by atoms with Crippen molar-refractivity contribution >= 4 is 19.1 Å². The summed E-state index contributed by atoms with van der Waals surface area (Å²) in [6.45, 7) is 4.20. The molecule has 11 heavy (non-hydrogen) atoms. The van der Waals surface area contributed by atoms with Crippen LogP contribution in [0.3, 0.4) is 0 Å². The fourth-order valence-electron chi connectivity index (χ4n) is 1.05. The van der Waals surface area contributed by atoms with E-state index in [1.165, 1.54) is 10.0 Å². The SMILES string of the molecule is Cc1cc(C)nc([As](C)C)c1. The summed E-state index contributed by atoms with van der Waals surface area (Å²) in [5.74, 6) is 0. The van der Waals surface area contributed by atoms with Gasteiger partial charge in [0, 0.05) is 0 Å². The molecule has 0 aromatic carbocycles. The fourth-order valence-corrected chi connectivity index (χ4v) is 2.77. The molecule has 0 aliphatic carbocycles. The first kappa shape index (κ1) is 8.80. The number of aromatic nitrogens is 1. The fraction of sp³-hybridized carbons (Fsp3) is 0.444. The molecule has 0 aliphatic heterocycles. The van der Waals surface area contributed by atoms with Crippen molar-refractivity contribution in [3.05, 3.63) is 23.4 Å². The standard InChI is InChI=1S/C9H14AsN/c1-7-5-8(2)11-9(6-7)10(3)4/h5-6H,1-4H3. The predicted octanol–water partition coefficient (Wildman–Crippen LogP) is 1.66. The van der Waals surface area contributed by atoms with Crippen LogP contribution in [0.15, 0.2) is 12.1 Å². The van der Waals surface area contributed by atoms with Gasteiger partial charge in [-0.3, -0.25) is 0 Å². The molecule has 0 bridgehead atoms. The van der Waals surface area contributed by atoms with Crippen LogP contribution in [0.2, 0.25) is 11.4 Å². The summed E-state index contributed by atoms with van der Waals surface area (Å²) in [4.78, 5) is 4.50. The second-order valence-electron chi connectivity index (χ2n) is 3.04. The molecule has 1 heterocycles. The van der Waals surface area contributed by atoms with Crippen LogP contribution in [0.25, 0.3) is 0 Å². The van der Waals surface area contributed by atoms with E-state index < -0.39 is 14.7 Å². The van der Waals surface area contributed by atoms with Gasteiger partial charge in [0.15, 0.2) is 0 Å². The van der Waals surface area contributed by atoms with Crippen LogP contribution in [0.1, 0.15) is 11.3 Å². The summed E-state index contributed by atoms with van der Waals surface area (Å²) in [6, 6.07) is 4.34. The minimum absolute atomic E-state index is 0.758. The van der Waals surface area contributed by atoms with E-state index in [0.717, 1.165) is 5.69 Å². The van der Waals surface area contributed by atoms with E-state index in [2.05, 4.69) is 42.4 Å². The third-order valence-electron chi connectivity index (χ3n) is 1.54. The molecular formula is C9H14AsN. The molecule has 0 atom stereocenters. The van der Waals surface area contributed by atoms with Gasteiger partial charge in [0.1, 0.15) is 0 Å². The van der Waals surface area contributed by atoms with E-state index in [9.17, 15) is 0 Å². The maximum absolute atomic E-state index is 4.50. The number of rotatable bonds is 1. The third-order valence-corrected chi connectivity index (χ3v) is 3.95. The van der Waals surface area contributed by atoms with Gasteiger partial charge in [-0.1, -0.05) is 0 Å². The molecule has 0 unspecified atom stereocenters. The molecule has 0 radical (unpaired) electrons. The van der Waals surface area contributed by atoms with Crippen LogP contribution in [0, 0.1) is 13.8 Å². The average molecular weight is 211 g/mol. The van der Waals surface area contributed by atoms with Gasteiger partial charge >= 0.3 is 72.8 Å². The second kappa shape index (κ2) is 3.40. The zero-order valence-electron chi connectivity index (χ0n) is 7.55. The summed E-state index contributed by atoms with van der Waals surface area (Å²) in [6.07, 6.45) is 0. The first-order valence-corrected chi connectivity index (χ1v) is 8.41. The van der Waals surface area contributed by atoms with Crippen molar-refractivity contribution in [2.24, 2.45) is 0 Å². The monoisotopic (exact) mass is 211 g/mol. The van der Waals surface area contributed by atoms with Crippen LogP contribution in [0.5, 0.6) is 0 Å². The molecule has 0 N–H and O–H groups in total. The van der Waals surface area contributed by atoms with Crippen molar-refractivity contribution in [2.75, 3.05) is 0 Å². The van der Waals surface area contributed by atoms with E-state index in [1.54, 1.807) is 0 Å². The zero-order chi connectivity index (χ0) is 8.43. The van der Waals surface area contributed by atoms with E-state index in [-0.39, 0.29) is 0 Å². The zero-order valence-corrected chi connectivity index (χ0v) is 9.43. The number of pyridine rings is 1. The van der Waals surface area contributed by atoms with Gasteiger partial charge in [0.2, 0.25) is 0 Å². The maximum atomic E-state index is 4.50. The predicted molar refractivity (Wildman–Crippen MR) is 50.8 cm³/mol. The summed E-state index contributed by atoms with van der Waals surface area (Å²) in [7, 11) is 0. The van der Waals surface area contributed by atoms with Crippen LogP contribution < -0.4 is 4.48 Å². The van der Waals surface area contributed by atoms with Crippen LogP contribution in [-0.4, -0.2) is 19.6 Å². The Morgan fingerprint density at radius 1 is 1.18 bits per heavy atom. The van der Waals surface area contributed by atoms with Gasteiger partial charge in [0.25, 0.3) is 0 Å². The minimum atomic E-state index is -0.758. The van der Waals surface area contributed by atoms with Gasteiger partial charge in [-0.15, -0.1) is 0 Å². The van der Waals surface area contributed by atoms with E-state index >= 15 is 0 Å². The van der Waals surface area contributed by atoms with E-state index in [1.807, 2.05) is 0 Å². The second-order valence-corrected chi connectivity index (χ2v) is 7.75. The molecular weight excluding hydrogens is 197 g/mol. The normalized spacial score (nSPS) is 10.6. The van der Waals surface area contributed by atoms with Gasteiger partial charge in [-0.05, 0) is 0 Å². The molecule has 60 valence electrons. The topological polar surface area (TPSA) is 12.9 Å². The first-order valence-electron chi connectivity index (χ1n) is 3.72. The summed E-state index contributed by atoms with van der Waals surface area (Å²) in [5, 5.41) is 0. The van der Waals surface area contributed by atoms with Crippen molar-refractivity contribution in [1.82, 2.24) is 4.98 Å². The Morgan fingerprint density at radius 3 is 2.27 bits per heavy atom. The van der Waals surface area contributed by atoms with Crippen molar-refractivity contribution in [3.63, 3.8) is 0 Å². The summed E-state index contributed by atoms with van der Waals surface area (Å²) < 4.78 is 1.34. The average Bonchev–Trinajstić information content (AvgIpc) is 1.85. The van der Waals surface area contributed by atoms with Crippen molar-refractivity contribution in [1.29, 1.82) is 0 Å². The third kappa shape index (κ3) is 2.34. The van der Waals surface area contributed by atoms with Crippen LogP contribution in [-0.2, 0) is 0 Å². The quantitative estimate of drug-likeness (QED) is 0.644. The number of aryl methyl sites for hydroxylation is 2.